The van der Waals surface area contributed by atoms with Gasteiger partial charge in [0, 0.05) is 58.4 Å². The quantitative estimate of drug-likeness (QED) is 0.0311. The number of aliphatic carboxylic acids is 3. The summed E-state index contributed by atoms with van der Waals surface area (Å²) in [4.78, 5) is 60.3. The molecule has 0 aliphatic carbocycles. The molecule has 0 radical (unpaired) electrons. The molecule has 2 aromatic carbocycles. The molecular weight excluding hydrogens is 969 g/mol. The standard InChI is InChI=1S/C55H86N6O14/c1-43-15-16-44(2)46(35-43)38-60(4)49-36-45(17-18-48(49)56-3)47-37-58-61(39-47)25-32-70-26-14-12-10-8-6-5-7-9-11-13-24-57-50(62)19-27-71-33-34-72-28-20-51(63)59-55(40-73-29-21-52(64)65,41-74-30-22-53(66)67)42-75-31-23-54(68)69/h15-18,35-37,39,56H,5-14,19-34,38,40-42H2,1-4H3,(H,57,62)(H,59,63)(H,64,65)(H,66,67)(H,68,69). The van der Waals surface area contributed by atoms with Crippen LogP contribution in [0.5, 0.6) is 0 Å². The summed E-state index contributed by atoms with van der Waals surface area (Å²) in [5, 5.41) is 40.5. The molecule has 1 heterocycles. The fourth-order valence-electron chi connectivity index (χ4n) is 8.03. The van der Waals surface area contributed by atoms with Gasteiger partial charge in [-0.3, -0.25) is 28.7 Å². The largest absolute Gasteiger partial charge is 0.481 e. The van der Waals surface area contributed by atoms with Gasteiger partial charge in [-0.05, 0) is 55.5 Å². The molecule has 20 nitrogen and oxygen atoms in total. The maximum absolute atomic E-state index is 12.9. The van der Waals surface area contributed by atoms with Crippen molar-refractivity contribution in [3.63, 3.8) is 0 Å². The summed E-state index contributed by atoms with van der Waals surface area (Å²) in [5.41, 5.74) is 6.97. The molecule has 420 valence electrons. The van der Waals surface area contributed by atoms with Gasteiger partial charge in [0.2, 0.25) is 11.8 Å². The van der Waals surface area contributed by atoms with E-state index in [9.17, 15) is 24.0 Å². The van der Waals surface area contributed by atoms with Gasteiger partial charge in [0.15, 0.2) is 0 Å². The molecule has 0 aliphatic rings. The number of carbonyl (C=O) groups is 5. The highest BCUT2D eigenvalue weighted by Crippen LogP contribution is 2.32. The Kier molecular flexibility index (Phi) is 32.2. The molecule has 0 spiro atoms. The van der Waals surface area contributed by atoms with Crippen molar-refractivity contribution in [1.29, 1.82) is 0 Å². The fraction of sp³-hybridized carbons (Fsp3) is 0.636. The molecule has 0 fully saturated rings. The zero-order chi connectivity index (χ0) is 54.5. The molecule has 0 saturated heterocycles. The Morgan fingerprint density at radius 2 is 1.13 bits per heavy atom. The van der Waals surface area contributed by atoms with E-state index < -0.39 is 29.4 Å². The minimum atomic E-state index is -1.36. The van der Waals surface area contributed by atoms with Crippen LogP contribution in [0.2, 0.25) is 0 Å². The average Bonchev–Trinajstić information content (AvgIpc) is 3.86. The summed E-state index contributed by atoms with van der Waals surface area (Å²) < 4.78 is 35.4. The number of carboxylic acids is 3. The molecule has 2 amide bonds. The van der Waals surface area contributed by atoms with Crippen LogP contribution in [0.1, 0.15) is 113 Å². The fourth-order valence-corrected chi connectivity index (χ4v) is 8.03. The third-order valence-corrected chi connectivity index (χ3v) is 12.3. The molecule has 3 rings (SSSR count). The first-order valence-corrected chi connectivity index (χ1v) is 26.5. The molecule has 20 heteroatoms. The van der Waals surface area contributed by atoms with Gasteiger partial charge in [0.25, 0.3) is 0 Å². The van der Waals surface area contributed by atoms with E-state index in [0.29, 0.717) is 19.7 Å². The second-order valence-electron chi connectivity index (χ2n) is 18.9. The normalized spacial score (nSPS) is 11.4. The van der Waals surface area contributed by atoms with Crippen LogP contribution >= 0.6 is 0 Å². The minimum absolute atomic E-state index is 0.0310. The number of ether oxygens (including phenoxy) is 6. The number of hydrogen-bond donors (Lipinski definition) is 6. The van der Waals surface area contributed by atoms with Crippen LogP contribution in [-0.2, 0) is 65.5 Å². The summed E-state index contributed by atoms with van der Waals surface area (Å²) in [6.45, 7) is 7.29. The highest BCUT2D eigenvalue weighted by Gasteiger charge is 2.34. The van der Waals surface area contributed by atoms with E-state index in [1.807, 2.05) is 17.9 Å². The van der Waals surface area contributed by atoms with Crippen LogP contribution in [0, 0.1) is 13.8 Å². The minimum Gasteiger partial charge on any atom is -0.481 e. The molecule has 1 aromatic heterocycles. The smallest absolute Gasteiger partial charge is 0.305 e. The Balaban J connectivity index is 1.15. The van der Waals surface area contributed by atoms with Crippen molar-refractivity contribution in [3.8, 4) is 11.1 Å². The van der Waals surface area contributed by atoms with Gasteiger partial charge in [-0.2, -0.15) is 5.10 Å². The summed E-state index contributed by atoms with van der Waals surface area (Å²) in [6.07, 6.45) is 14.8. The average molecular weight is 1060 g/mol. The maximum Gasteiger partial charge on any atom is 0.305 e. The number of benzene rings is 2. The molecule has 6 N–H and O–H groups in total. The van der Waals surface area contributed by atoms with Crippen molar-refractivity contribution in [2.24, 2.45) is 0 Å². The number of aromatic nitrogens is 2. The Morgan fingerprint density at radius 3 is 1.71 bits per heavy atom. The lowest BCUT2D eigenvalue weighted by atomic mass is 10.0. The van der Waals surface area contributed by atoms with E-state index in [2.05, 4.69) is 89.4 Å². The van der Waals surface area contributed by atoms with Gasteiger partial charge >= 0.3 is 17.9 Å². The zero-order valence-corrected chi connectivity index (χ0v) is 45.0. The van der Waals surface area contributed by atoms with Gasteiger partial charge in [-0.1, -0.05) is 81.2 Å². The molecule has 0 atom stereocenters. The number of carboxylic acid groups (broad SMARTS) is 3. The molecule has 3 aromatic rings. The number of anilines is 2. The Hall–Kier alpha value is -5.64. The number of hydrogen-bond acceptors (Lipinski definition) is 14. The maximum atomic E-state index is 12.9. The summed E-state index contributed by atoms with van der Waals surface area (Å²) in [5.74, 6) is -3.81. The number of nitrogens with one attached hydrogen (secondary N) is 3. The van der Waals surface area contributed by atoms with Crippen LogP contribution in [-0.4, -0.2) is 160 Å². The van der Waals surface area contributed by atoms with E-state index >= 15 is 0 Å². The zero-order valence-electron chi connectivity index (χ0n) is 45.0. The van der Waals surface area contributed by atoms with E-state index in [-0.39, 0.29) is 104 Å². The summed E-state index contributed by atoms with van der Waals surface area (Å²) in [6, 6.07) is 13.1. The van der Waals surface area contributed by atoms with E-state index in [4.69, 9.17) is 43.7 Å². The summed E-state index contributed by atoms with van der Waals surface area (Å²) >= 11 is 0. The van der Waals surface area contributed by atoms with Crippen molar-refractivity contribution >= 4 is 41.1 Å². The van der Waals surface area contributed by atoms with Crippen molar-refractivity contribution in [2.75, 3.05) is 110 Å². The molecule has 0 saturated carbocycles. The lowest BCUT2D eigenvalue weighted by Gasteiger charge is -2.34. The van der Waals surface area contributed by atoms with Crippen molar-refractivity contribution in [3.05, 3.63) is 65.5 Å². The van der Waals surface area contributed by atoms with Gasteiger partial charge < -0.3 is 64.6 Å². The number of unbranched alkanes of at least 4 members (excludes halogenated alkanes) is 9. The second-order valence-corrected chi connectivity index (χ2v) is 18.9. The van der Waals surface area contributed by atoms with Crippen LogP contribution in [0.4, 0.5) is 11.4 Å². The lowest BCUT2D eigenvalue weighted by Crippen LogP contribution is -2.59. The molecule has 75 heavy (non-hydrogen) atoms. The Bertz CT molecular complexity index is 2060. The van der Waals surface area contributed by atoms with Crippen molar-refractivity contribution in [1.82, 2.24) is 20.4 Å². The molecular formula is C55H86N6O14. The lowest BCUT2D eigenvalue weighted by molar-refractivity contribution is -0.140. The van der Waals surface area contributed by atoms with E-state index in [1.165, 1.54) is 55.2 Å². The number of carbonyl (C=O) groups excluding carboxylic acids is 2. The first-order valence-electron chi connectivity index (χ1n) is 26.5. The number of amides is 2. The van der Waals surface area contributed by atoms with Gasteiger partial charge in [-0.15, -0.1) is 0 Å². The Morgan fingerprint density at radius 1 is 0.600 bits per heavy atom. The van der Waals surface area contributed by atoms with Gasteiger partial charge in [0.05, 0.1) is 116 Å². The number of aryl methyl sites for hydroxylation is 2. The number of rotatable bonds is 46. The van der Waals surface area contributed by atoms with Crippen molar-refractivity contribution < 1.29 is 67.7 Å². The first-order chi connectivity index (χ1) is 36.2. The van der Waals surface area contributed by atoms with Gasteiger partial charge in [0.1, 0.15) is 5.54 Å². The molecule has 0 aliphatic heterocycles. The SMILES string of the molecule is CNc1ccc(-c2cnn(CCOCCCCCCCCCCCCNC(=O)CCOCCOCCC(=O)NC(COCCC(=O)O)(COCCC(=O)O)COCCC(=O)O)c2)cc1N(C)Cc1cc(C)ccc1C. The van der Waals surface area contributed by atoms with Crippen LogP contribution in [0.3, 0.4) is 0 Å². The third kappa shape index (κ3) is 28.7. The topological polar surface area (TPSA) is 259 Å². The number of nitrogens with zero attached hydrogens (tertiary/aromatic N) is 3. The Labute approximate surface area is 443 Å². The second kappa shape index (κ2) is 38.0. The van der Waals surface area contributed by atoms with Crippen LogP contribution in [0.25, 0.3) is 11.1 Å². The van der Waals surface area contributed by atoms with Crippen LogP contribution < -0.4 is 20.9 Å². The third-order valence-electron chi connectivity index (χ3n) is 12.3. The van der Waals surface area contributed by atoms with E-state index in [0.717, 1.165) is 61.3 Å². The predicted molar refractivity (Wildman–Crippen MR) is 286 cm³/mol. The highest BCUT2D eigenvalue weighted by molar-refractivity contribution is 5.78. The molecule has 0 bridgehead atoms. The summed E-state index contributed by atoms with van der Waals surface area (Å²) in [7, 11) is 4.10. The van der Waals surface area contributed by atoms with Gasteiger partial charge in [-0.25, -0.2) is 0 Å². The molecule has 0 unspecified atom stereocenters. The highest BCUT2D eigenvalue weighted by atomic mass is 16.5. The predicted octanol–water partition coefficient (Wildman–Crippen LogP) is 7.02. The monoisotopic (exact) mass is 1050 g/mol. The van der Waals surface area contributed by atoms with Crippen LogP contribution in [0.15, 0.2) is 48.8 Å². The van der Waals surface area contributed by atoms with Crippen molar-refractivity contribution in [2.45, 2.75) is 129 Å². The van der Waals surface area contributed by atoms with E-state index in [1.54, 1.807) is 0 Å². The first kappa shape index (κ1) is 63.7.